The molecule has 1 aromatic rings. The smallest absolute Gasteiger partial charge is 0.227 e. The molecule has 1 aliphatic carbocycles. The average Bonchev–Trinajstić information content (AvgIpc) is 2.51. The van der Waals surface area contributed by atoms with Crippen LogP contribution in [0.25, 0.3) is 0 Å². The van der Waals surface area contributed by atoms with E-state index in [9.17, 15) is 4.79 Å². The molecule has 20 heavy (non-hydrogen) atoms. The highest BCUT2D eigenvalue weighted by Gasteiger charge is 2.25. The highest BCUT2D eigenvalue weighted by molar-refractivity contribution is 9.09. The third-order valence-corrected chi connectivity index (χ3v) is 6.11. The fourth-order valence-corrected chi connectivity index (χ4v) is 4.36. The van der Waals surface area contributed by atoms with Crippen LogP contribution >= 0.6 is 15.9 Å². The molecule has 0 bridgehead atoms. The topological polar surface area (TPSA) is 20.3 Å². The van der Waals surface area contributed by atoms with Gasteiger partial charge in [0, 0.05) is 24.0 Å². The summed E-state index contributed by atoms with van der Waals surface area (Å²) in [5, 5.41) is 0. The predicted molar refractivity (Wildman–Crippen MR) is 86.4 cm³/mol. The molecule has 1 fully saturated rings. The van der Waals surface area contributed by atoms with Crippen LogP contribution in [0, 0.1) is 5.92 Å². The number of amides is 1. The molecule has 1 unspecified atom stereocenters. The molecule has 1 atom stereocenters. The van der Waals surface area contributed by atoms with Gasteiger partial charge in [0.05, 0.1) is 0 Å². The molecule has 0 saturated heterocycles. The molecule has 0 N–H and O–H groups in total. The second-order valence-electron chi connectivity index (χ2n) is 6.14. The first-order valence-corrected chi connectivity index (χ1v) is 8.62. The van der Waals surface area contributed by atoms with Crippen molar-refractivity contribution in [3.63, 3.8) is 0 Å². The maximum atomic E-state index is 11.7. The monoisotopic (exact) mass is 335 g/mol. The van der Waals surface area contributed by atoms with E-state index in [4.69, 9.17) is 0 Å². The normalized spacial score (nSPS) is 21.7. The van der Waals surface area contributed by atoms with Crippen molar-refractivity contribution in [2.75, 3.05) is 11.9 Å². The van der Waals surface area contributed by atoms with E-state index in [0.717, 1.165) is 18.0 Å². The van der Waals surface area contributed by atoms with Crippen LogP contribution in [0.5, 0.6) is 0 Å². The lowest BCUT2D eigenvalue weighted by Gasteiger charge is -2.29. The quantitative estimate of drug-likeness (QED) is 0.722. The number of alkyl halides is 1. The third kappa shape index (κ3) is 2.65. The minimum Gasteiger partial charge on any atom is -0.315 e. The Balaban J connectivity index is 1.83. The number of anilines is 1. The lowest BCUT2D eigenvalue weighted by atomic mass is 9.84. The lowest BCUT2D eigenvalue weighted by Crippen LogP contribution is -2.31. The maximum Gasteiger partial charge on any atom is 0.227 e. The van der Waals surface area contributed by atoms with E-state index in [-0.39, 0.29) is 5.91 Å². The molecule has 2 nitrogen and oxygen atoms in total. The average molecular weight is 336 g/mol. The molecule has 0 aromatic heterocycles. The predicted octanol–water partition coefficient (Wildman–Crippen LogP) is 4.61. The molecular weight excluding hydrogens is 314 g/mol. The van der Waals surface area contributed by atoms with Crippen LogP contribution in [0.3, 0.4) is 0 Å². The summed E-state index contributed by atoms with van der Waals surface area (Å²) in [5.41, 5.74) is 3.80. The minimum absolute atomic E-state index is 0.230. The van der Waals surface area contributed by atoms with Crippen LogP contribution in [0.2, 0.25) is 0 Å². The number of benzene rings is 1. The molecule has 0 spiro atoms. The van der Waals surface area contributed by atoms with Crippen molar-refractivity contribution in [2.45, 2.75) is 49.8 Å². The summed E-state index contributed by atoms with van der Waals surface area (Å²) >= 11 is 3.92. The molecule has 108 valence electrons. The Labute approximate surface area is 129 Å². The van der Waals surface area contributed by atoms with Crippen molar-refractivity contribution in [3.8, 4) is 0 Å². The minimum atomic E-state index is 0.230. The lowest BCUT2D eigenvalue weighted by molar-refractivity contribution is -0.118. The fraction of sp³-hybridized carbons (Fsp3) is 0.588. The van der Waals surface area contributed by atoms with Gasteiger partial charge in [0.15, 0.2) is 0 Å². The molecule has 0 radical (unpaired) electrons. The molecule has 1 heterocycles. The van der Waals surface area contributed by atoms with Gasteiger partial charge < -0.3 is 4.90 Å². The number of nitrogens with zero attached hydrogens (tertiary/aromatic N) is 1. The van der Waals surface area contributed by atoms with Crippen molar-refractivity contribution in [1.29, 1.82) is 0 Å². The standard InChI is InChI=1S/C17H22BrNO/c1-19-15-9-7-14(11-13(15)8-10-16(19)20)17(18)12-5-3-2-4-6-12/h7,9,11-12,17H,2-6,8,10H2,1H3. The summed E-state index contributed by atoms with van der Waals surface area (Å²) in [6.45, 7) is 0. The SMILES string of the molecule is CN1C(=O)CCc2cc(C(Br)C3CCCCC3)ccc21. The zero-order valence-corrected chi connectivity index (χ0v) is 13.7. The summed E-state index contributed by atoms with van der Waals surface area (Å²) in [6, 6.07) is 6.63. The van der Waals surface area contributed by atoms with Gasteiger partial charge >= 0.3 is 0 Å². The van der Waals surface area contributed by atoms with E-state index in [1.165, 1.54) is 43.2 Å². The van der Waals surface area contributed by atoms with Gasteiger partial charge in [-0.3, -0.25) is 4.79 Å². The van der Waals surface area contributed by atoms with Crippen molar-refractivity contribution in [1.82, 2.24) is 0 Å². The van der Waals surface area contributed by atoms with E-state index in [0.29, 0.717) is 11.2 Å². The Morgan fingerprint density at radius 2 is 1.95 bits per heavy atom. The largest absolute Gasteiger partial charge is 0.315 e. The highest BCUT2D eigenvalue weighted by Crippen LogP contribution is 2.41. The summed E-state index contributed by atoms with van der Waals surface area (Å²) in [4.78, 5) is 14.0. The van der Waals surface area contributed by atoms with Gasteiger partial charge in [-0.05, 0) is 42.4 Å². The Bertz CT molecular complexity index is 508. The summed E-state index contributed by atoms with van der Waals surface area (Å²) < 4.78 is 0. The first kappa shape index (κ1) is 14.1. The first-order chi connectivity index (χ1) is 9.66. The van der Waals surface area contributed by atoms with Gasteiger partial charge in [-0.15, -0.1) is 0 Å². The van der Waals surface area contributed by atoms with Gasteiger partial charge in [0.1, 0.15) is 0 Å². The molecule has 1 amide bonds. The Kier molecular flexibility index (Phi) is 4.16. The van der Waals surface area contributed by atoms with Gasteiger partial charge in [-0.2, -0.15) is 0 Å². The first-order valence-electron chi connectivity index (χ1n) is 7.70. The van der Waals surface area contributed by atoms with Gasteiger partial charge in [-0.25, -0.2) is 0 Å². The Morgan fingerprint density at radius 1 is 1.20 bits per heavy atom. The van der Waals surface area contributed by atoms with E-state index in [1.54, 1.807) is 4.90 Å². The van der Waals surface area contributed by atoms with E-state index in [2.05, 4.69) is 34.1 Å². The van der Waals surface area contributed by atoms with Crippen molar-refractivity contribution < 1.29 is 4.79 Å². The van der Waals surface area contributed by atoms with Gasteiger partial charge in [0.2, 0.25) is 5.91 Å². The van der Waals surface area contributed by atoms with Crippen molar-refractivity contribution in [2.24, 2.45) is 5.92 Å². The van der Waals surface area contributed by atoms with Crippen LogP contribution in [-0.4, -0.2) is 13.0 Å². The summed E-state index contributed by atoms with van der Waals surface area (Å²) in [5.74, 6) is 0.998. The summed E-state index contributed by atoms with van der Waals surface area (Å²) in [6.07, 6.45) is 8.34. The van der Waals surface area contributed by atoms with Gasteiger partial charge in [0.25, 0.3) is 0 Å². The Hall–Kier alpha value is -0.830. The summed E-state index contributed by atoms with van der Waals surface area (Å²) in [7, 11) is 1.88. The molecule has 1 saturated carbocycles. The van der Waals surface area contributed by atoms with Crippen LogP contribution in [0.15, 0.2) is 18.2 Å². The molecular formula is C17H22BrNO. The second kappa shape index (κ2) is 5.88. The van der Waals surface area contributed by atoms with Crippen molar-refractivity contribution >= 4 is 27.5 Å². The zero-order chi connectivity index (χ0) is 14.1. The Morgan fingerprint density at radius 3 is 2.70 bits per heavy atom. The number of fused-ring (bicyclic) bond motifs is 1. The van der Waals surface area contributed by atoms with Crippen LogP contribution < -0.4 is 4.90 Å². The maximum absolute atomic E-state index is 11.7. The molecule has 1 aliphatic heterocycles. The highest BCUT2D eigenvalue weighted by atomic mass is 79.9. The van der Waals surface area contributed by atoms with E-state index >= 15 is 0 Å². The van der Waals surface area contributed by atoms with E-state index in [1.807, 2.05) is 7.05 Å². The fourth-order valence-electron chi connectivity index (χ4n) is 3.55. The number of carbonyl (C=O) groups is 1. The van der Waals surface area contributed by atoms with Crippen molar-refractivity contribution in [3.05, 3.63) is 29.3 Å². The number of hydrogen-bond acceptors (Lipinski definition) is 1. The molecule has 3 heteroatoms. The third-order valence-electron chi connectivity index (χ3n) is 4.83. The number of rotatable bonds is 2. The van der Waals surface area contributed by atoms with Crippen LogP contribution in [0.4, 0.5) is 5.69 Å². The zero-order valence-electron chi connectivity index (χ0n) is 12.1. The number of aryl methyl sites for hydroxylation is 1. The van der Waals surface area contributed by atoms with E-state index < -0.39 is 0 Å². The second-order valence-corrected chi connectivity index (χ2v) is 7.13. The molecule has 1 aromatic carbocycles. The number of carbonyl (C=O) groups excluding carboxylic acids is 1. The van der Waals surface area contributed by atoms with Crippen LogP contribution in [-0.2, 0) is 11.2 Å². The van der Waals surface area contributed by atoms with Gasteiger partial charge in [-0.1, -0.05) is 47.3 Å². The molecule has 3 rings (SSSR count). The molecule has 2 aliphatic rings. The number of hydrogen-bond donors (Lipinski definition) is 0. The van der Waals surface area contributed by atoms with Crippen LogP contribution in [0.1, 0.15) is 54.5 Å². The number of halogens is 1.